The van der Waals surface area contributed by atoms with Crippen LogP contribution < -0.4 is 0 Å². The number of pyridine rings is 1. The largest absolute Gasteiger partial charge is 0.457 e. The number of aromatic nitrogens is 1. The van der Waals surface area contributed by atoms with Crippen LogP contribution in [-0.2, 0) is 11.3 Å². The first kappa shape index (κ1) is 15.4. The summed E-state index contributed by atoms with van der Waals surface area (Å²) in [4.78, 5) is 12.2. The Labute approximate surface area is 142 Å². The van der Waals surface area contributed by atoms with Crippen LogP contribution in [0.1, 0.15) is 21.5 Å². The lowest BCUT2D eigenvalue weighted by Crippen LogP contribution is -2.06. The van der Waals surface area contributed by atoms with Gasteiger partial charge in [0.1, 0.15) is 12.7 Å². The number of fused-ring (bicyclic) bond motifs is 1. The third-order valence-corrected chi connectivity index (χ3v) is 4.22. The first-order chi connectivity index (χ1) is 11.1. The van der Waals surface area contributed by atoms with E-state index in [1.165, 1.54) is 6.07 Å². The Morgan fingerprint density at radius 2 is 2.04 bits per heavy atom. The van der Waals surface area contributed by atoms with E-state index in [1.54, 1.807) is 18.3 Å². The number of nitrogens with zero attached hydrogens (tertiary/aromatic N) is 2. The van der Waals surface area contributed by atoms with E-state index < -0.39 is 5.97 Å². The van der Waals surface area contributed by atoms with E-state index in [1.807, 2.05) is 28.8 Å². The molecule has 0 saturated carbocycles. The van der Waals surface area contributed by atoms with Crippen LogP contribution in [0, 0.1) is 11.3 Å². The maximum absolute atomic E-state index is 12.2. The van der Waals surface area contributed by atoms with E-state index >= 15 is 0 Å². The van der Waals surface area contributed by atoms with Gasteiger partial charge in [-0.3, -0.25) is 0 Å². The van der Waals surface area contributed by atoms with Gasteiger partial charge in [-0.25, -0.2) is 4.79 Å². The van der Waals surface area contributed by atoms with Gasteiger partial charge in [0.2, 0.25) is 0 Å². The minimum absolute atomic E-state index is 0.0216. The molecule has 0 fully saturated rings. The second kappa shape index (κ2) is 6.33. The number of rotatable bonds is 3. The molecular formula is C17H10Cl2N2O2. The van der Waals surface area contributed by atoms with Crippen LogP contribution >= 0.6 is 23.2 Å². The molecular weight excluding hydrogens is 335 g/mol. The summed E-state index contributed by atoms with van der Waals surface area (Å²) < 4.78 is 7.09. The Bertz CT molecular complexity index is 941. The Kier molecular flexibility index (Phi) is 4.24. The number of ether oxygens (including phenoxy) is 1. The zero-order valence-corrected chi connectivity index (χ0v) is 13.3. The Morgan fingerprint density at radius 1 is 1.22 bits per heavy atom. The second-order valence-corrected chi connectivity index (χ2v) is 5.60. The fourth-order valence-electron chi connectivity index (χ4n) is 2.30. The molecule has 3 rings (SSSR count). The van der Waals surface area contributed by atoms with Crippen molar-refractivity contribution in [1.29, 1.82) is 5.26 Å². The van der Waals surface area contributed by atoms with Gasteiger partial charge in [0.15, 0.2) is 0 Å². The van der Waals surface area contributed by atoms with E-state index in [9.17, 15) is 10.1 Å². The zero-order chi connectivity index (χ0) is 16.4. The summed E-state index contributed by atoms with van der Waals surface area (Å²) in [6.45, 7) is -0.0216. The molecule has 0 bridgehead atoms. The highest BCUT2D eigenvalue weighted by atomic mass is 35.5. The molecule has 2 aromatic heterocycles. The molecule has 0 unspecified atom stereocenters. The molecule has 3 aromatic rings. The fourth-order valence-corrected chi connectivity index (χ4v) is 2.68. The van der Waals surface area contributed by atoms with E-state index in [2.05, 4.69) is 6.07 Å². The first-order valence-corrected chi connectivity index (χ1v) is 7.47. The maximum Gasteiger partial charge on any atom is 0.340 e. The maximum atomic E-state index is 12.2. The number of hydrogen-bond acceptors (Lipinski definition) is 3. The van der Waals surface area contributed by atoms with E-state index in [-0.39, 0.29) is 22.2 Å². The van der Waals surface area contributed by atoms with Crippen LogP contribution in [-0.4, -0.2) is 10.4 Å². The van der Waals surface area contributed by atoms with Crippen LogP contribution in [0.15, 0.2) is 48.8 Å². The smallest absolute Gasteiger partial charge is 0.340 e. The molecule has 0 spiro atoms. The van der Waals surface area contributed by atoms with Crippen molar-refractivity contribution in [2.45, 2.75) is 6.61 Å². The highest BCUT2D eigenvalue weighted by molar-refractivity contribution is 6.43. The standard InChI is InChI=1S/C17H10Cl2N2O2/c18-14-5-3-4-12(16(14)19)17(22)23-10-11-9-21-7-2-1-6-15(21)13(11)8-20/h1-7,9H,10H2. The average Bonchev–Trinajstić information content (AvgIpc) is 2.92. The summed E-state index contributed by atoms with van der Waals surface area (Å²) in [7, 11) is 0. The Morgan fingerprint density at radius 3 is 2.83 bits per heavy atom. The topological polar surface area (TPSA) is 54.5 Å². The lowest BCUT2D eigenvalue weighted by Gasteiger charge is -2.06. The third-order valence-electron chi connectivity index (χ3n) is 3.40. The SMILES string of the molecule is N#Cc1c(COC(=O)c2cccc(Cl)c2Cl)cn2ccccc12. The highest BCUT2D eigenvalue weighted by Gasteiger charge is 2.16. The number of carbonyl (C=O) groups is 1. The van der Waals surface area contributed by atoms with Gasteiger partial charge in [-0.15, -0.1) is 0 Å². The van der Waals surface area contributed by atoms with E-state index in [0.29, 0.717) is 11.1 Å². The molecule has 0 amide bonds. The van der Waals surface area contributed by atoms with Gasteiger partial charge < -0.3 is 9.14 Å². The number of benzene rings is 1. The summed E-state index contributed by atoms with van der Waals surface area (Å²) in [5.74, 6) is -0.586. The lowest BCUT2D eigenvalue weighted by molar-refractivity contribution is 0.0473. The summed E-state index contributed by atoms with van der Waals surface area (Å²) in [6.07, 6.45) is 3.59. The van der Waals surface area contributed by atoms with Crippen molar-refractivity contribution in [2.75, 3.05) is 0 Å². The molecule has 6 heteroatoms. The molecule has 23 heavy (non-hydrogen) atoms. The van der Waals surface area contributed by atoms with Crippen molar-refractivity contribution in [3.05, 3.63) is 75.5 Å². The normalized spacial score (nSPS) is 10.5. The minimum Gasteiger partial charge on any atom is -0.457 e. The fraction of sp³-hybridized carbons (Fsp3) is 0.0588. The minimum atomic E-state index is -0.586. The molecule has 0 saturated heterocycles. The van der Waals surface area contributed by atoms with Gasteiger partial charge in [0, 0.05) is 18.0 Å². The molecule has 0 aliphatic rings. The van der Waals surface area contributed by atoms with Crippen LogP contribution in [0.4, 0.5) is 0 Å². The predicted molar refractivity (Wildman–Crippen MR) is 87.7 cm³/mol. The van der Waals surface area contributed by atoms with Crippen molar-refractivity contribution in [2.24, 2.45) is 0 Å². The number of hydrogen-bond donors (Lipinski definition) is 0. The molecule has 114 valence electrons. The van der Waals surface area contributed by atoms with Crippen molar-refractivity contribution in [3.63, 3.8) is 0 Å². The van der Waals surface area contributed by atoms with Gasteiger partial charge >= 0.3 is 5.97 Å². The summed E-state index contributed by atoms with van der Waals surface area (Å²) in [5.41, 5.74) is 2.07. The number of halogens is 2. The van der Waals surface area contributed by atoms with Gasteiger partial charge in [0.25, 0.3) is 0 Å². The molecule has 0 aliphatic heterocycles. The Balaban J connectivity index is 1.85. The summed E-state index contributed by atoms with van der Waals surface area (Å²) in [6, 6.07) is 12.4. The van der Waals surface area contributed by atoms with Gasteiger partial charge in [-0.05, 0) is 24.3 Å². The van der Waals surface area contributed by atoms with Crippen LogP contribution in [0.25, 0.3) is 5.52 Å². The predicted octanol–water partition coefficient (Wildman–Crippen LogP) is 4.47. The van der Waals surface area contributed by atoms with Crippen molar-refractivity contribution in [1.82, 2.24) is 4.40 Å². The zero-order valence-electron chi connectivity index (χ0n) is 11.8. The van der Waals surface area contributed by atoms with E-state index in [0.717, 1.165) is 5.52 Å². The Hall–Kier alpha value is -2.48. The van der Waals surface area contributed by atoms with Gasteiger partial charge in [-0.2, -0.15) is 5.26 Å². The monoisotopic (exact) mass is 344 g/mol. The molecule has 0 atom stereocenters. The number of esters is 1. The van der Waals surface area contributed by atoms with Crippen molar-refractivity contribution < 1.29 is 9.53 Å². The molecule has 0 N–H and O–H groups in total. The second-order valence-electron chi connectivity index (χ2n) is 4.81. The quantitative estimate of drug-likeness (QED) is 0.658. The van der Waals surface area contributed by atoms with Gasteiger partial charge in [-0.1, -0.05) is 35.3 Å². The number of carbonyl (C=O) groups excluding carboxylic acids is 1. The van der Waals surface area contributed by atoms with Crippen molar-refractivity contribution >= 4 is 34.7 Å². The third kappa shape index (κ3) is 2.89. The van der Waals surface area contributed by atoms with Crippen LogP contribution in [0.2, 0.25) is 10.0 Å². The van der Waals surface area contributed by atoms with Crippen LogP contribution in [0.5, 0.6) is 0 Å². The summed E-state index contributed by atoms with van der Waals surface area (Å²) >= 11 is 11.9. The number of nitriles is 1. The lowest BCUT2D eigenvalue weighted by atomic mass is 10.2. The molecule has 2 heterocycles. The van der Waals surface area contributed by atoms with Crippen LogP contribution in [0.3, 0.4) is 0 Å². The average molecular weight is 345 g/mol. The highest BCUT2D eigenvalue weighted by Crippen LogP contribution is 2.26. The summed E-state index contributed by atoms with van der Waals surface area (Å²) in [5, 5.41) is 9.77. The van der Waals surface area contributed by atoms with Crippen molar-refractivity contribution in [3.8, 4) is 6.07 Å². The van der Waals surface area contributed by atoms with E-state index in [4.69, 9.17) is 27.9 Å². The first-order valence-electron chi connectivity index (χ1n) is 6.71. The molecule has 4 nitrogen and oxygen atoms in total. The molecule has 0 radical (unpaired) electrons. The van der Waals surface area contributed by atoms with Gasteiger partial charge in [0.05, 0.1) is 26.7 Å². The molecule has 0 aliphatic carbocycles. The molecule has 1 aromatic carbocycles.